The first kappa shape index (κ1) is 20.6. The predicted octanol–water partition coefficient (Wildman–Crippen LogP) is 3.19. The Labute approximate surface area is 178 Å². The van der Waals surface area contributed by atoms with Crippen LogP contribution in [0.4, 0.5) is 0 Å². The molecule has 3 aliphatic rings. The Kier molecular flexibility index (Phi) is 5.64. The third kappa shape index (κ3) is 4.12. The Balaban J connectivity index is 1.35. The first-order chi connectivity index (χ1) is 14.4. The first-order valence-corrected chi connectivity index (χ1v) is 11.1. The topological polar surface area (TPSA) is 99.5 Å². The molecule has 2 saturated carbocycles. The van der Waals surface area contributed by atoms with E-state index in [4.69, 9.17) is 11.0 Å². The van der Waals surface area contributed by atoms with E-state index in [2.05, 4.69) is 11.1 Å². The lowest BCUT2D eigenvalue weighted by Crippen LogP contribution is -2.45. The van der Waals surface area contributed by atoms with Crippen LogP contribution in [0.3, 0.4) is 0 Å². The van der Waals surface area contributed by atoms with E-state index >= 15 is 0 Å². The van der Waals surface area contributed by atoms with Gasteiger partial charge >= 0.3 is 0 Å². The highest BCUT2D eigenvalue weighted by atomic mass is 16.2. The summed E-state index contributed by atoms with van der Waals surface area (Å²) in [4.78, 5) is 31.8. The van der Waals surface area contributed by atoms with Gasteiger partial charge in [0, 0.05) is 19.9 Å². The number of nitriles is 1. The zero-order chi connectivity index (χ0) is 21.3. The molecule has 30 heavy (non-hydrogen) atoms. The SMILES string of the molecule is CN1C(=O)[C@@](C[C@H]2CCC[C@@H](CC(=O)Cc3ccc(C#N)cc3)C2)(C2CC2)N=C1N. The number of Topliss-reactive ketones (excluding diaryl/α,β-unsaturated/α-hetero) is 1. The molecule has 3 atom stereocenters. The number of nitrogens with zero attached hydrogens (tertiary/aromatic N) is 3. The monoisotopic (exact) mass is 406 g/mol. The van der Waals surface area contributed by atoms with Crippen molar-refractivity contribution in [3.63, 3.8) is 0 Å². The lowest BCUT2D eigenvalue weighted by molar-refractivity contribution is -0.132. The molecule has 2 aliphatic carbocycles. The summed E-state index contributed by atoms with van der Waals surface area (Å²) in [6.07, 6.45) is 8.14. The number of aliphatic imine (C=N–C) groups is 1. The molecule has 0 spiro atoms. The van der Waals surface area contributed by atoms with Crippen molar-refractivity contribution in [3.05, 3.63) is 35.4 Å². The van der Waals surface area contributed by atoms with Gasteiger partial charge in [-0.2, -0.15) is 5.26 Å². The third-order valence-electron chi connectivity index (χ3n) is 7.08. The highest BCUT2D eigenvalue weighted by Crippen LogP contribution is 2.50. The molecule has 6 heteroatoms. The van der Waals surface area contributed by atoms with Crippen molar-refractivity contribution in [3.8, 4) is 6.07 Å². The number of carbonyl (C=O) groups is 2. The molecule has 6 nitrogen and oxygen atoms in total. The Morgan fingerprint density at radius 3 is 2.53 bits per heavy atom. The van der Waals surface area contributed by atoms with Crippen LogP contribution in [0.1, 0.15) is 62.5 Å². The molecular weight excluding hydrogens is 376 g/mol. The maximum absolute atomic E-state index is 13.0. The fraction of sp³-hybridized carbons (Fsp3) is 0.583. The van der Waals surface area contributed by atoms with Crippen molar-refractivity contribution in [2.75, 3.05) is 7.05 Å². The number of hydrogen-bond acceptors (Lipinski definition) is 5. The highest BCUT2D eigenvalue weighted by molar-refractivity contribution is 6.06. The minimum atomic E-state index is -0.655. The number of hydrogen-bond donors (Lipinski definition) is 1. The molecule has 1 aliphatic heterocycles. The molecule has 158 valence electrons. The standard InChI is InChI=1S/C24H30N4O2/c1-28-22(30)24(20-9-10-20,27-23(28)26)14-19-4-2-3-18(11-19)13-21(29)12-16-5-7-17(15-25)8-6-16/h5-8,18-20H,2-4,9-14H2,1H3,(H2,26,27)/t18-,19+,24-/m1/s1. The second-order valence-electron chi connectivity index (χ2n) is 9.36. The Morgan fingerprint density at radius 2 is 1.93 bits per heavy atom. The molecule has 4 rings (SSSR count). The van der Waals surface area contributed by atoms with E-state index in [1.807, 2.05) is 12.1 Å². The predicted molar refractivity (Wildman–Crippen MR) is 114 cm³/mol. The van der Waals surface area contributed by atoms with Crippen LogP contribution in [0.15, 0.2) is 29.3 Å². The summed E-state index contributed by atoms with van der Waals surface area (Å²) >= 11 is 0. The molecule has 1 amide bonds. The number of nitrogens with two attached hydrogens (primary N) is 1. The van der Waals surface area contributed by atoms with Gasteiger partial charge in [0.25, 0.3) is 5.91 Å². The zero-order valence-electron chi connectivity index (χ0n) is 17.6. The van der Waals surface area contributed by atoms with Crippen molar-refractivity contribution < 1.29 is 9.59 Å². The summed E-state index contributed by atoms with van der Waals surface area (Å²) < 4.78 is 0. The highest BCUT2D eigenvalue weighted by Gasteiger charge is 2.56. The lowest BCUT2D eigenvalue weighted by atomic mass is 9.72. The number of benzene rings is 1. The van der Waals surface area contributed by atoms with Crippen molar-refractivity contribution in [2.45, 2.75) is 63.3 Å². The first-order valence-electron chi connectivity index (χ1n) is 11.1. The van der Waals surface area contributed by atoms with Gasteiger partial charge in [-0.15, -0.1) is 0 Å². The van der Waals surface area contributed by atoms with Crippen molar-refractivity contribution in [2.24, 2.45) is 28.5 Å². The van der Waals surface area contributed by atoms with Gasteiger partial charge < -0.3 is 5.73 Å². The van der Waals surface area contributed by atoms with Crippen LogP contribution < -0.4 is 5.73 Å². The maximum atomic E-state index is 13.0. The van der Waals surface area contributed by atoms with Crippen molar-refractivity contribution in [1.82, 2.24) is 4.90 Å². The quantitative estimate of drug-likeness (QED) is 0.751. The van der Waals surface area contributed by atoms with Gasteiger partial charge in [-0.05, 0) is 61.1 Å². The van der Waals surface area contributed by atoms with E-state index in [1.54, 1.807) is 19.2 Å². The second-order valence-corrected chi connectivity index (χ2v) is 9.36. The van der Waals surface area contributed by atoms with Crippen LogP contribution in [0.2, 0.25) is 0 Å². The van der Waals surface area contributed by atoms with E-state index in [0.717, 1.165) is 50.5 Å². The molecule has 0 aromatic heterocycles. The third-order valence-corrected chi connectivity index (χ3v) is 7.08. The minimum Gasteiger partial charge on any atom is -0.369 e. The Hall–Kier alpha value is -2.68. The van der Waals surface area contributed by atoms with Crippen LogP contribution in [0, 0.1) is 29.1 Å². The molecule has 2 fully saturated rings. The average molecular weight is 407 g/mol. The van der Waals surface area contributed by atoms with Gasteiger partial charge in [-0.1, -0.05) is 31.4 Å². The van der Waals surface area contributed by atoms with Crippen LogP contribution in [-0.4, -0.2) is 35.1 Å². The minimum absolute atomic E-state index is 0.0570. The van der Waals surface area contributed by atoms with Crippen molar-refractivity contribution >= 4 is 17.6 Å². The number of rotatable bonds is 7. The summed E-state index contributed by atoms with van der Waals surface area (Å²) in [6.45, 7) is 0. The fourth-order valence-corrected chi connectivity index (χ4v) is 5.38. The largest absolute Gasteiger partial charge is 0.369 e. The fourth-order valence-electron chi connectivity index (χ4n) is 5.38. The average Bonchev–Trinajstić information content (AvgIpc) is 3.55. The summed E-state index contributed by atoms with van der Waals surface area (Å²) in [6, 6.07) is 9.36. The zero-order valence-corrected chi connectivity index (χ0v) is 17.6. The van der Waals surface area contributed by atoms with E-state index in [1.165, 1.54) is 4.90 Å². The van der Waals surface area contributed by atoms with E-state index in [0.29, 0.717) is 42.1 Å². The molecule has 1 heterocycles. The molecule has 0 radical (unpaired) electrons. The van der Waals surface area contributed by atoms with Crippen LogP contribution in [-0.2, 0) is 16.0 Å². The molecule has 1 aromatic carbocycles. The number of carbonyl (C=O) groups excluding carboxylic acids is 2. The van der Waals surface area contributed by atoms with Gasteiger partial charge in [0.05, 0.1) is 11.6 Å². The molecule has 0 bridgehead atoms. The number of likely N-dealkylation sites (N-methyl/N-ethyl adjacent to an activating group) is 1. The van der Waals surface area contributed by atoms with Gasteiger partial charge in [-0.25, -0.2) is 4.99 Å². The number of amides is 1. The van der Waals surface area contributed by atoms with Gasteiger partial charge in [0.15, 0.2) is 5.96 Å². The van der Waals surface area contributed by atoms with Gasteiger partial charge in [0.2, 0.25) is 0 Å². The summed E-state index contributed by atoms with van der Waals surface area (Å²) in [5.41, 5.74) is 6.91. The molecule has 2 N–H and O–H groups in total. The van der Waals surface area contributed by atoms with Crippen LogP contribution in [0.5, 0.6) is 0 Å². The number of ketones is 1. The normalized spacial score (nSPS) is 28.9. The Bertz CT molecular complexity index is 897. The second kappa shape index (κ2) is 8.22. The molecule has 1 aromatic rings. The lowest BCUT2D eigenvalue weighted by Gasteiger charge is -2.34. The van der Waals surface area contributed by atoms with E-state index in [-0.39, 0.29) is 11.7 Å². The molecular formula is C24H30N4O2. The van der Waals surface area contributed by atoms with Gasteiger partial charge in [0.1, 0.15) is 11.3 Å². The summed E-state index contributed by atoms with van der Waals surface area (Å²) in [5, 5.41) is 8.90. The van der Waals surface area contributed by atoms with Crippen molar-refractivity contribution in [1.29, 1.82) is 5.26 Å². The summed E-state index contributed by atoms with van der Waals surface area (Å²) in [7, 11) is 1.72. The van der Waals surface area contributed by atoms with Crippen LogP contribution >= 0.6 is 0 Å². The van der Waals surface area contributed by atoms with E-state index < -0.39 is 5.54 Å². The number of guanidine groups is 1. The Morgan fingerprint density at radius 1 is 1.23 bits per heavy atom. The van der Waals surface area contributed by atoms with Crippen LogP contribution in [0.25, 0.3) is 0 Å². The van der Waals surface area contributed by atoms with E-state index in [9.17, 15) is 9.59 Å². The smallest absolute Gasteiger partial charge is 0.257 e. The molecule has 0 saturated heterocycles. The summed E-state index contributed by atoms with van der Waals surface area (Å²) in [5.74, 6) is 1.77. The van der Waals surface area contributed by atoms with Gasteiger partial charge in [-0.3, -0.25) is 14.5 Å². The molecule has 0 unspecified atom stereocenters. The maximum Gasteiger partial charge on any atom is 0.257 e.